The zero-order valence-corrected chi connectivity index (χ0v) is 14.0. The van der Waals surface area contributed by atoms with Crippen LogP contribution >= 0.6 is 11.8 Å². The molecule has 0 saturated heterocycles. The predicted molar refractivity (Wildman–Crippen MR) is 104 cm³/mol. The molecule has 4 rings (SSSR count). The van der Waals surface area contributed by atoms with Crippen LogP contribution in [0, 0.1) is 6.08 Å². The van der Waals surface area contributed by atoms with E-state index < -0.39 is 0 Å². The molecule has 0 N–H and O–H groups in total. The molecule has 1 unspecified atom stereocenters. The van der Waals surface area contributed by atoms with Crippen molar-refractivity contribution in [3.8, 4) is 0 Å². The van der Waals surface area contributed by atoms with Crippen molar-refractivity contribution in [2.24, 2.45) is 0 Å². The standard InChI is InChI=1S/C23H17S/c1-4-10-18(11-5-1)21-16-22(19-12-6-2-7-13-19)24-23(17-21)20-14-8-3-9-15-20/h1-16,22H. The monoisotopic (exact) mass is 325 g/mol. The Balaban J connectivity index is 1.79. The number of thioether (sulfide) groups is 1. The third kappa shape index (κ3) is 3.22. The first kappa shape index (κ1) is 15.0. The summed E-state index contributed by atoms with van der Waals surface area (Å²) in [6.07, 6.45) is 5.95. The van der Waals surface area contributed by atoms with Crippen LogP contribution in [0.25, 0.3) is 10.5 Å². The van der Waals surface area contributed by atoms with Crippen LogP contribution in [0.3, 0.4) is 0 Å². The number of benzene rings is 3. The largest absolute Gasteiger partial charge is 0.112 e. The predicted octanol–water partition coefficient (Wildman–Crippen LogP) is 6.40. The van der Waals surface area contributed by atoms with Gasteiger partial charge in [-0.05, 0) is 22.3 Å². The molecular weight excluding hydrogens is 308 g/mol. The van der Waals surface area contributed by atoms with Crippen LogP contribution in [0.2, 0.25) is 0 Å². The van der Waals surface area contributed by atoms with Crippen LogP contribution in [0.1, 0.15) is 21.9 Å². The van der Waals surface area contributed by atoms with E-state index in [1.165, 1.54) is 27.2 Å². The number of allylic oxidation sites excluding steroid dienone is 2. The van der Waals surface area contributed by atoms with E-state index in [9.17, 15) is 0 Å². The van der Waals surface area contributed by atoms with Crippen molar-refractivity contribution >= 4 is 22.2 Å². The maximum Gasteiger partial charge on any atom is 0.0534 e. The van der Waals surface area contributed by atoms with Crippen molar-refractivity contribution in [3.63, 3.8) is 0 Å². The van der Waals surface area contributed by atoms with Gasteiger partial charge in [-0.1, -0.05) is 97.1 Å². The Bertz CT molecular complexity index is 862. The van der Waals surface area contributed by atoms with Crippen LogP contribution in [-0.4, -0.2) is 0 Å². The molecule has 0 amide bonds. The highest BCUT2D eigenvalue weighted by Crippen LogP contribution is 2.46. The summed E-state index contributed by atoms with van der Waals surface area (Å²) in [5.41, 5.74) is 4.94. The first-order valence-corrected chi connectivity index (χ1v) is 8.96. The summed E-state index contributed by atoms with van der Waals surface area (Å²) in [6.45, 7) is 0. The van der Waals surface area contributed by atoms with Gasteiger partial charge < -0.3 is 0 Å². The molecule has 3 aromatic carbocycles. The third-order valence-corrected chi connectivity index (χ3v) is 5.30. The van der Waals surface area contributed by atoms with Crippen molar-refractivity contribution < 1.29 is 0 Å². The van der Waals surface area contributed by atoms with Gasteiger partial charge in [0, 0.05) is 11.0 Å². The van der Waals surface area contributed by atoms with Crippen molar-refractivity contribution in [1.82, 2.24) is 0 Å². The number of rotatable bonds is 3. The maximum absolute atomic E-state index is 3.63. The molecule has 0 saturated carbocycles. The number of hydrogen-bond acceptors (Lipinski definition) is 1. The summed E-state index contributed by atoms with van der Waals surface area (Å²) in [4.78, 5) is 1.20. The Morgan fingerprint density at radius 3 is 1.79 bits per heavy atom. The van der Waals surface area contributed by atoms with Crippen LogP contribution in [0.5, 0.6) is 0 Å². The van der Waals surface area contributed by atoms with E-state index in [4.69, 9.17) is 0 Å². The van der Waals surface area contributed by atoms with E-state index in [2.05, 4.69) is 103 Å². The molecule has 3 aromatic rings. The van der Waals surface area contributed by atoms with Crippen LogP contribution in [0.15, 0.2) is 97.1 Å². The van der Waals surface area contributed by atoms with E-state index in [1.54, 1.807) is 0 Å². The summed E-state index contributed by atoms with van der Waals surface area (Å²) >= 11 is 1.87. The smallest absolute Gasteiger partial charge is 0.0534 e. The lowest BCUT2D eigenvalue weighted by molar-refractivity contribution is 1.23. The zero-order valence-electron chi connectivity index (χ0n) is 13.2. The molecule has 0 aromatic heterocycles. The first-order valence-electron chi connectivity index (χ1n) is 8.08. The molecule has 0 fully saturated rings. The van der Waals surface area contributed by atoms with Gasteiger partial charge in [-0.3, -0.25) is 0 Å². The normalized spacial score (nSPS) is 17.1. The highest BCUT2D eigenvalue weighted by molar-refractivity contribution is 8.08. The van der Waals surface area contributed by atoms with Gasteiger partial charge in [0.15, 0.2) is 0 Å². The van der Waals surface area contributed by atoms with Gasteiger partial charge in [-0.25, -0.2) is 0 Å². The van der Waals surface area contributed by atoms with Crippen molar-refractivity contribution in [1.29, 1.82) is 0 Å². The maximum atomic E-state index is 3.63. The minimum Gasteiger partial charge on any atom is -0.112 e. The van der Waals surface area contributed by atoms with Crippen molar-refractivity contribution in [2.45, 2.75) is 5.25 Å². The molecular formula is C23H17S. The second-order valence-electron chi connectivity index (χ2n) is 5.72. The Hall–Kier alpha value is -2.51. The topological polar surface area (TPSA) is 0 Å². The zero-order chi connectivity index (χ0) is 16.2. The average Bonchev–Trinajstić information content (AvgIpc) is 2.70. The highest BCUT2D eigenvalue weighted by atomic mass is 32.2. The SMILES string of the molecule is [C]1=C(c2ccccc2)SC(c2ccccc2)C=C1c1ccccc1. The lowest BCUT2D eigenvalue weighted by Gasteiger charge is -2.22. The van der Waals surface area contributed by atoms with Crippen molar-refractivity contribution in [3.05, 3.63) is 120 Å². The van der Waals surface area contributed by atoms with Gasteiger partial charge >= 0.3 is 0 Å². The molecule has 0 aliphatic carbocycles. The Kier molecular flexibility index (Phi) is 4.35. The summed E-state index contributed by atoms with van der Waals surface area (Å²) in [6, 6.07) is 31.7. The minimum atomic E-state index is 0.304. The second-order valence-corrected chi connectivity index (χ2v) is 6.87. The van der Waals surface area contributed by atoms with Gasteiger partial charge in [-0.2, -0.15) is 0 Å². The fourth-order valence-corrected chi connectivity index (χ4v) is 4.02. The summed E-state index contributed by atoms with van der Waals surface area (Å²) < 4.78 is 0. The van der Waals surface area contributed by atoms with E-state index >= 15 is 0 Å². The molecule has 0 nitrogen and oxygen atoms in total. The van der Waals surface area contributed by atoms with Gasteiger partial charge in [0.25, 0.3) is 0 Å². The average molecular weight is 325 g/mol. The lowest BCUT2D eigenvalue weighted by Crippen LogP contribution is -1.98. The van der Waals surface area contributed by atoms with Gasteiger partial charge in [-0.15, -0.1) is 11.8 Å². The van der Waals surface area contributed by atoms with Gasteiger partial charge in [0.05, 0.1) is 5.25 Å². The van der Waals surface area contributed by atoms with Crippen LogP contribution in [-0.2, 0) is 0 Å². The van der Waals surface area contributed by atoms with E-state index in [1.807, 2.05) is 11.8 Å². The molecule has 0 bridgehead atoms. The summed E-state index contributed by atoms with van der Waals surface area (Å²) in [5, 5.41) is 0.304. The van der Waals surface area contributed by atoms with Crippen LogP contribution < -0.4 is 0 Å². The highest BCUT2D eigenvalue weighted by Gasteiger charge is 2.19. The molecule has 1 aliphatic rings. The summed E-state index contributed by atoms with van der Waals surface area (Å²) in [5.74, 6) is 0. The Morgan fingerprint density at radius 1 is 0.625 bits per heavy atom. The molecule has 115 valence electrons. The molecule has 24 heavy (non-hydrogen) atoms. The molecule has 1 radical (unpaired) electrons. The fraction of sp³-hybridized carbons (Fsp3) is 0.0435. The minimum absolute atomic E-state index is 0.304. The molecule has 1 aliphatic heterocycles. The third-order valence-electron chi connectivity index (χ3n) is 4.06. The van der Waals surface area contributed by atoms with Gasteiger partial charge in [0.2, 0.25) is 0 Å². The van der Waals surface area contributed by atoms with Crippen molar-refractivity contribution in [2.75, 3.05) is 0 Å². The summed E-state index contributed by atoms with van der Waals surface area (Å²) in [7, 11) is 0. The Morgan fingerprint density at radius 2 is 1.17 bits per heavy atom. The molecule has 1 heteroatoms. The first-order chi connectivity index (χ1) is 11.9. The fourth-order valence-electron chi connectivity index (χ4n) is 2.83. The molecule has 1 atom stereocenters. The lowest BCUT2D eigenvalue weighted by atomic mass is 10.0. The molecule has 1 heterocycles. The number of hydrogen-bond donors (Lipinski definition) is 0. The van der Waals surface area contributed by atoms with Gasteiger partial charge in [0.1, 0.15) is 0 Å². The van der Waals surface area contributed by atoms with Crippen LogP contribution in [0.4, 0.5) is 0 Å². The van der Waals surface area contributed by atoms with E-state index in [0.29, 0.717) is 5.25 Å². The van der Waals surface area contributed by atoms with E-state index in [-0.39, 0.29) is 0 Å². The second kappa shape index (κ2) is 6.94. The van der Waals surface area contributed by atoms with E-state index in [0.717, 1.165) is 0 Å². The quantitative estimate of drug-likeness (QED) is 0.536. The molecule has 0 spiro atoms. The Labute approximate surface area is 147 Å².